The fourth-order valence-corrected chi connectivity index (χ4v) is 1.07. The van der Waals surface area contributed by atoms with Gasteiger partial charge >= 0.3 is 5.69 Å². The van der Waals surface area contributed by atoms with Gasteiger partial charge in [0.2, 0.25) is 5.82 Å². The fourth-order valence-electron chi connectivity index (χ4n) is 1.07. The second kappa shape index (κ2) is 5.64. The summed E-state index contributed by atoms with van der Waals surface area (Å²) in [5.41, 5.74) is -0.258. The van der Waals surface area contributed by atoms with Crippen LogP contribution < -0.4 is 10.1 Å². The molecule has 7 heteroatoms. The molecule has 0 bridgehead atoms. The molecular formula is C9H12N4O3. The molecule has 0 saturated carbocycles. The molecule has 0 aromatic carbocycles. The summed E-state index contributed by atoms with van der Waals surface area (Å²) in [4.78, 5) is 17.8. The third-order valence-corrected chi connectivity index (χ3v) is 1.67. The van der Waals surface area contributed by atoms with Crippen LogP contribution in [0.5, 0.6) is 5.88 Å². The predicted molar refractivity (Wildman–Crippen MR) is 58.5 cm³/mol. The second-order valence-corrected chi connectivity index (χ2v) is 2.74. The van der Waals surface area contributed by atoms with Crippen LogP contribution in [0.1, 0.15) is 6.92 Å². The molecule has 0 aliphatic rings. The van der Waals surface area contributed by atoms with Gasteiger partial charge < -0.3 is 10.1 Å². The molecule has 0 spiro atoms. The minimum atomic E-state index is -0.573. The van der Waals surface area contributed by atoms with E-state index in [9.17, 15) is 10.1 Å². The van der Waals surface area contributed by atoms with Crippen LogP contribution in [0.4, 0.5) is 11.5 Å². The van der Waals surface area contributed by atoms with Crippen molar-refractivity contribution in [1.29, 1.82) is 0 Å². The van der Waals surface area contributed by atoms with Crippen molar-refractivity contribution in [2.45, 2.75) is 6.92 Å². The van der Waals surface area contributed by atoms with Gasteiger partial charge in [-0.15, -0.1) is 6.58 Å². The Morgan fingerprint density at radius 2 is 2.44 bits per heavy atom. The number of nitrogens with zero attached hydrogens (tertiary/aromatic N) is 3. The zero-order valence-electron chi connectivity index (χ0n) is 8.84. The van der Waals surface area contributed by atoms with Crippen molar-refractivity contribution in [3.63, 3.8) is 0 Å². The molecule has 0 aliphatic carbocycles. The summed E-state index contributed by atoms with van der Waals surface area (Å²) < 4.78 is 5.06. The SMILES string of the molecule is C=CCNc1ncnc(OCC)c1[N+](=O)[O-]. The zero-order chi connectivity index (χ0) is 12.0. The Morgan fingerprint density at radius 1 is 1.69 bits per heavy atom. The first-order chi connectivity index (χ1) is 7.70. The highest BCUT2D eigenvalue weighted by atomic mass is 16.6. The Bertz CT molecular complexity index is 394. The van der Waals surface area contributed by atoms with Gasteiger partial charge in [0, 0.05) is 6.54 Å². The monoisotopic (exact) mass is 224 g/mol. The quantitative estimate of drug-likeness (QED) is 0.446. The molecular weight excluding hydrogens is 212 g/mol. The van der Waals surface area contributed by atoms with Gasteiger partial charge in [0.05, 0.1) is 11.5 Å². The van der Waals surface area contributed by atoms with Crippen molar-refractivity contribution >= 4 is 11.5 Å². The van der Waals surface area contributed by atoms with E-state index in [4.69, 9.17) is 4.74 Å². The van der Waals surface area contributed by atoms with Gasteiger partial charge in [-0.1, -0.05) is 6.08 Å². The van der Waals surface area contributed by atoms with Crippen LogP contribution in [-0.2, 0) is 0 Å². The van der Waals surface area contributed by atoms with Crippen LogP contribution in [-0.4, -0.2) is 28.0 Å². The average Bonchev–Trinajstić information content (AvgIpc) is 2.26. The van der Waals surface area contributed by atoms with Crippen LogP contribution in [0.2, 0.25) is 0 Å². The number of nitro groups is 1. The molecule has 0 unspecified atom stereocenters. The number of anilines is 1. The van der Waals surface area contributed by atoms with E-state index < -0.39 is 4.92 Å². The zero-order valence-corrected chi connectivity index (χ0v) is 8.84. The Morgan fingerprint density at radius 3 is 3.00 bits per heavy atom. The fraction of sp³-hybridized carbons (Fsp3) is 0.333. The first-order valence-electron chi connectivity index (χ1n) is 4.67. The summed E-state index contributed by atoms with van der Waals surface area (Å²) in [6.45, 7) is 5.91. The van der Waals surface area contributed by atoms with E-state index in [1.807, 2.05) is 0 Å². The maximum absolute atomic E-state index is 10.9. The van der Waals surface area contributed by atoms with E-state index in [1.165, 1.54) is 6.33 Å². The predicted octanol–water partition coefficient (Wildman–Crippen LogP) is 1.38. The Labute approximate surface area is 92.3 Å². The second-order valence-electron chi connectivity index (χ2n) is 2.74. The van der Waals surface area contributed by atoms with Crippen molar-refractivity contribution in [2.75, 3.05) is 18.5 Å². The van der Waals surface area contributed by atoms with Gasteiger partial charge in [-0.05, 0) is 6.92 Å². The van der Waals surface area contributed by atoms with Crippen LogP contribution in [0, 0.1) is 10.1 Å². The molecule has 1 aromatic rings. The van der Waals surface area contributed by atoms with E-state index in [2.05, 4.69) is 21.9 Å². The number of hydrogen-bond donors (Lipinski definition) is 1. The summed E-state index contributed by atoms with van der Waals surface area (Å²) in [6.07, 6.45) is 2.79. The van der Waals surface area contributed by atoms with E-state index in [1.54, 1.807) is 13.0 Å². The van der Waals surface area contributed by atoms with Crippen LogP contribution >= 0.6 is 0 Å². The first kappa shape index (κ1) is 11.9. The lowest BCUT2D eigenvalue weighted by Crippen LogP contribution is -2.07. The smallest absolute Gasteiger partial charge is 0.372 e. The van der Waals surface area contributed by atoms with Gasteiger partial charge in [0.15, 0.2) is 0 Å². The lowest BCUT2D eigenvalue weighted by atomic mass is 10.4. The highest BCUT2D eigenvalue weighted by Crippen LogP contribution is 2.30. The van der Waals surface area contributed by atoms with Crippen molar-refractivity contribution in [3.8, 4) is 5.88 Å². The Kier molecular flexibility index (Phi) is 4.19. The maximum Gasteiger partial charge on any atom is 0.372 e. The molecule has 86 valence electrons. The number of rotatable bonds is 6. The van der Waals surface area contributed by atoms with Gasteiger partial charge in [-0.3, -0.25) is 10.1 Å². The van der Waals surface area contributed by atoms with E-state index in [-0.39, 0.29) is 17.4 Å². The summed E-state index contributed by atoms with van der Waals surface area (Å²) >= 11 is 0. The minimum absolute atomic E-state index is 0.0333. The summed E-state index contributed by atoms with van der Waals surface area (Å²) in [5, 5.41) is 13.6. The minimum Gasteiger partial charge on any atom is -0.473 e. The Balaban J connectivity index is 3.10. The van der Waals surface area contributed by atoms with Crippen molar-refractivity contribution in [3.05, 3.63) is 29.1 Å². The summed E-state index contributed by atoms with van der Waals surface area (Å²) in [6, 6.07) is 0. The van der Waals surface area contributed by atoms with Gasteiger partial charge in [0.1, 0.15) is 6.33 Å². The standard InChI is InChI=1S/C9H12N4O3/c1-3-5-10-8-7(13(14)15)9(16-4-2)12-6-11-8/h3,6H,1,4-5H2,2H3,(H,10,11,12). The number of ether oxygens (including phenoxy) is 1. The topological polar surface area (TPSA) is 90.2 Å². The van der Waals surface area contributed by atoms with E-state index in [0.717, 1.165) is 0 Å². The van der Waals surface area contributed by atoms with Crippen molar-refractivity contribution < 1.29 is 9.66 Å². The number of hydrogen-bond acceptors (Lipinski definition) is 6. The lowest BCUT2D eigenvalue weighted by Gasteiger charge is -2.06. The molecule has 1 N–H and O–H groups in total. The average molecular weight is 224 g/mol. The highest BCUT2D eigenvalue weighted by molar-refractivity contribution is 5.61. The summed E-state index contributed by atoms with van der Waals surface area (Å²) in [7, 11) is 0. The molecule has 7 nitrogen and oxygen atoms in total. The van der Waals surface area contributed by atoms with Gasteiger partial charge in [-0.25, -0.2) is 4.98 Å². The Hall–Kier alpha value is -2.18. The van der Waals surface area contributed by atoms with Crippen LogP contribution in [0.25, 0.3) is 0 Å². The van der Waals surface area contributed by atoms with Crippen LogP contribution in [0.15, 0.2) is 19.0 Å². The molecule has 0 amide bonds. The molecule has 16 heavy (non-hydrogen) atoms. The van der Waals surface area contributed by atoms with Gasteiger partial charge in [-0.2, -0.15) is 4.98 Å². The van der Waals surface area contributed by atoms with Gasteiger partial charge in [0.25, 0.3) is 5.88 Å². The molecule has 1 rings (SSSR count). The van der Waals surface area contributed by atoms with Crippen LogP contribution in [0.3, 0.4) is 0 Å². The van der Waals surface area contributed by atoms with Crippen molar-refractivity contribution in [2.24, 2.45) is 0 Å². The third-order valence-electron chi connectivity index (χ3n) is 1.67. The number of aromatic nitrogens is 2. The molecule has 1 aromatic heterocycles. The molecule has 0 saturated heterocycles. The largest absolute Gasteiger partial charge is 0.473 e. The summed E-state index contributed by atoms with van der Waals surface area (Å²) in [5.74, 6) is 0.0948. The first-order valence-corrected chi connectivity index (χ1v) is 4.67. The molecule has 0 aliphatic heterocycles. The normalized spacial score (nSPS) is 9.56. The van der Waals surface area contributed by atoms with E-state index in [0.29, 0.717) is 13.2 Å². The third kappa shape index (κ3) is 2.66. The molecule has 0 radical (unpaired) electrons. The molecule has 1 heterocycles. The number of nitrogens with one attached hydrogen (secondary N) is 1. The highest BCUT2D eigenvalue weighted by Gasteiger charge is 2.23. The maximum atomic E-state index is 10.9. The molecule has 0 fully saturated rings. The van der Waals surface area contributed by atoms with E-state index >= 15 is 0 Å². The molecule has 0 atom stereocenters. The lowest BCUT2D eigenvalue weighted by molar-refractivity contribution is -0.385. The van der Waals surface area contributed by atoms with Crippen molar-refractivity contribution in [1.82, 2.24) is 9.97 Å².